The lowest BCUT2D eigenvalue weighted by atomic mass is 10.2. The maximum absolute atomic E-state index is 10.8. The van der Waals surface area contributed by atoms with Crippen LogP contribution < -0.4 is 0 Å². The molecule has 19 heavy (non-hydrogen) atoms. The number of benzene rings is 1. The van der Waals surface area contributed by atoms with Gasteiger partial charge in [0.15, 0.2) is 0 Å². The molecule has 4 nitrogen and oxygen atoms in total. The molecule has 2 aromatic heterocycles. The summed E-state index contributed by atoms with van der Waals surface area (Å²) in [5.74, 6) is -0.968. The number of nitrogens with zero attached hydrogens (tertiary/aromatic N) is 2. The highest BCUT2D eigenvalue weighted by Crippen LogP contribution is 2.19. The molecule has 0 unspecified atom stereocenters. The Bertz CT molecular complexity index is 758. The lowest BCUT2D eigenvalue weighted by Gasteiger charge is -2.03. The summed E-state index contributed by atoms with van der Waals surface area (Å²) < 4.78 is 2.08. The van der Waals surface area contributed by atoms with Gasteiger partial charge in [0.05, 0.1) is 12.2 Å². The zero-order valence-electron chi connectivity index (χ0n) is 10.3. The van der Waals surface area contributed by atoms with Gasteiger partial charge < -0.3 is 9.67 Å². The van der Waals surface area contributed by atoms with Crippen molar-refractivity contribution in [3.8, 4) is 0 Å². The van der Waals surface area contributed by atoms with Crippen LogP contribution in [0.1, 0.15) is 21.1 Å². The molecule has 2 heterocycles. The Kier molecular flexibility index (Phi) is 2.83. The van der Waals surface area contributed by atoms with Gasteiger partial charge in [-0.15, -0.1) is 11.3 Å². The van der Waals surface area contributed by atoms with Crippen LogP contribution in [0.3, 0.4) is 0 Å². The van der Waals surface area contributed by atoms with E-state index in [0.717, 1.165) is 22.5 Å². The highest BCUT2D eigenvalue weighted by atomic mass is 32.1. The number of carboxylic acids is 1. The monoisotopic (exact) mass is 272 g/mol. The number of aromatic carboxylic acids is 1. The smallest absolute Gasteiger partial charge is 0.365 e. The standard InChI is InChI=1S/C14H12N2O2S/c1-9-2-3-12-10(6-9)4-5-16(12)7-11-8-19-13(15-11)14(17)18/h2-6,8H,7H2,1H3,(H,17,18). The Hall–Kier alpha value is -2.14. The van der Waals surface area contributed by atoms with Gasteiger partial charge >= 0.3 is 5.97 Å². The predicted molar refractivity (Wildman–Crippen MR) is 74.9 cm³/mol. The average Bonchev–Trinajstić information content (AvgIpc) is 2.97. The Morgan fingerprint density at radius 1 is 1.42 bits per heavy atom. The first-order chi connectivity index (χ1) is 9.13. The zero-order chi connectivity index (χ0) is 13.4. The largest absolute Gasteiger partial charge is 0.476 e. The van der Waals surface area contributed by atoms with E-state index in [1.54, 1.807) is 5.38 Å². The van der Waals surface area contributed by atoms with Crippen LogP contribution in [0.5, 0.6) is 0 Å². The summed E-state index contributed by atoms with van der Waals surface area (Å²) in [7, 11) is 0. The molecule has 1 N–H and O–H groups in total. The fourth-order valence-corrected chi connectivity index (χ4v) is 2.76. The molecule has 0 spiro atoms. The molecule has 0 fully saturated rings. The van der Waals surface area contributed by atoms with E-state index in [4.69, 9.17) is 5.11 Å². The molecule has 0 aliphatic carbocycles. The minimum atomic E-state index is -0.968. The van der Waals surface area contributed by atoms with Crippen molar-refractivity contribution in [1.29, 1.82) is 0 Å². The van der Waals surface area contributed by atoms with Gasteiger partial charge in [-0.3, -0.25) is 0 Å². The SMILES string of the molecule is Cc1ccc2c(ccn2Cc2csc(C(=O)O)n2)c1. The second-order valence-electron chi connectivity index (χ2n) is 4.46. The van der Waals surface area contributed by atoms with Gasteiger partial charge in [-0.1, -0.05) is 11.6 Å². The summed E-state index contributed by atoms with van der Waals surface area (Å²) in [6.45, 7) is 2.66. The minimum absolute atomic E-state index is 0.141. The summed E-state index contributed by atoms with van der Waals surface area (Å²) in [6.07, 6.45) is 2.00. The van der Waals surface area contributed by atoms with Gasteiger partial charge in [-0.05, 0) is 30.5 Å². The highest BCUT2D eigenvalue weighted by Gasteiger charge is 2.10. The van der Waals surface area contributed by atoms with E-state index in [0.29, 0.717) is 6.54 Å². The molecule has 3 rings (SSSR count). The van der Waals surface area contributed by atoms with E-state index in [2.05, 4.69) is 40.7 Å². The molecule has 0 saturated heterocycles. The summed E-state index contributed by atoms with van der Waals surface area (Å²) in [6, 6.07) is 8.35. The number of thiazole rings is 1. The van der Waals surface area contributed by atoms with Crippen LogP contribution in [0.4, 0.5) is 0 Å². The summed E-state index contributed by atoms with van der Waals surface area (Å²) in [5, 5.41) is 12.0. The number of hydrogen-bond acceptors (Lipinski definition) is 3. The van der Waals surface area contributed by atoms with E-state index in [-0.39, 0.29) is 5.01 Å². The third kappa shape index (κ3) is 2.24. The van der Waals surface area contributed by atoms with Gasteiger partial charge in [0.2, 0.25) is 5.01 Å². The predicted octanol–water partition coefficient (Wildman–Crippen LogP) is 3.15. The first kappa shape index (κ1) is 11.9. The molecule has 3 aromatic rings. The maximum Gasteiger partial charge on any atom is 0.365 e. The minimum Gasteiger partial charge on any atom is -0.476 e. The number of rotatable bonds is 3. The van der Waals surface area contributed by atoms with Crippen molar-refractivity contribution < 1.29 is 9.90 Å². The molecule has 0 radical (unpaired) electrons. The maximum atomic E-state index is 10.8. The van der Waals surface area contributed by atoms with Crippen LogP contribution in [0.2, 0.25) is 0 Å². The molecule has 0 atom stereocenters. The van der Waals surface area contributed by atoms with Crippen LogP contribution in [-0.4, -0.2) is 20.6 Å². The third-order valence-corrected chi connectivity index (χ3v) is 3.87. The van der Waals surface area contributed by atoms with Crippen molar-refractivity contribution in [1.82, 2.24) is 9.55 Å². The number of aryl methyl sites for hydroxylation is 1. The van der Waals surface area contributed by atoms with E-state index in [1.165, 1.54) is 10.9 Å². The highest BCUT2D eigenvalue weighted by molar-refractivity contribution is 7.11. The Morgan fingerprint density at radius 3 is 3.00 bits per heavy atom. The van der Waals surface area contributed by atoms with Crippen molar-refractivity contribution in [2.24, 2.45) is 0 Å². The average molecular weight is 272 g/mol. The van der Waals surface area contributed by atoms with Crippen LogP contribution >= 0.6 is 11.3 Å². The molecule has 96 valence electrons. The lowest BCUT2D eigenvalue weighted by Crippen LogP contribution is -2.00. The van der Waals surface area contributed by atoms with Crippen molar-refractivity contribution >= 4 is 28.2 Å². The normalized spacial score (nSPS) is 11.0. The molecule has 0 saturated carbocycles. The number of carbonyl (C=O) groups is 1. The van der Waals surface area contributed by atoms with Crippen molar-refractivity contribution in [2.75, 3.05) is 0 Å². The Morgan fingerprint density at radius 2 is 2.26 bits per heavy atom. The Labute approximate surface area is 113 Å². The first-order valence-corrected chi connectivity index (χ1v) is 6.74. The van der Waals surface area contributed by atoms with Crippen LogP contribution in [0.15, 0.2) is 35.8 Å². The summed E-state index contributed by atoms with van der Waals surface area (Å²) in [4.78, 5) is 14.9. The van der Waals surface area contributed by atoms with Crippen molar-refractivity contribution in [3.05, 3.63) is 52.1 Å². The van der Waals surface area contributed by atoms with Gasteiger partial charge in [-0.25, -0.2) is 9.78 Å². The quantitative estimate of drug-likeness (QED) is 0.796. The van der Waals surface area contributed by atoms with Crippen LogP contribution in [0, 0.1) is 6.92 Å². The summed E-state index contributed by atoms with van der Waals surface area (Å²) >= 11 is 1.16. The van der Waals surface area contributed by atoms with E-state index in [1.807, 2.05) is 6.20 Å². The van der Waals surface area contributed by atoms with Crippen LogP contribution in [0.25, 0.3) is 10.9 Å². The molecule has 5 heteroatoms. The fourth-order valence-electron chi connectivity index (χ4n) is 2.11. The fraction of sp³-hybridized carbons (Fsp3) is 0.143. The van der Waals surface area contributed by atoms with Gasteiger partial charge in [-0.2, -0.15) is 0 Å². The van der Waals surface area contributed by atoms with Crippen molar-refractivity contribution in [3.63, 3.8) is 0 Å². The van der Waals surface area contributed by atoms with E-state index >= 15 is 0 Å². The number of hydrogen-bond donors (Lipinski definition) is 1. The first-order valence-electron chi connectivity index (χ1n) is 5.87. The summed E-state index contributed by atoms with van der Waals surface area (Å²) in [5.41, 5.74) is 3.14. The van der Waals surface area contributed by atoms with Gasteiger partial charge in [0, 0.05) is 17.1 Å². The topological polar surface area (TPSA) is 55.1 Å². The Balaban J connectivity index is 1.94. The number of aromatic nitrogens is 2. The zero-order valence-corrected chi connectivity index (χ0v) is 11.1. The molecule has 0 bridgehead atoms. The molecular formula is C14H12N2O2S. The van der Waals surface area contributed by atoms with E-state index < -0.39 is 5.97 Å². The molecule has 1 aromatic carbocycles. The molecular weight excluding hydrogens is 260 g/mol. The number of carboxylic acid groups (broad SMARTS) is 1. The molecule has 0 amide bonds. The molecule has 0 aliphatic rings. The van der Waals surface area contributed by atoms with E-state index in [9.17, 15) is 4.79 Å². The second-order valence-corrected chi connectivity index (χ2v) is 5.31. The number of fused-ring (bicyclic) bond motifs is 1. The van der Waals surface area contributed by atoms with Crippen molar-refractivity contribution in [2.45, 2.75) is 13.5 Å². The molecule has 0 aliphatic heterocycles. The lowest BCUT2D eigenvalue weighted by molar-refractivity contribution is 0.0696. The van der Waals surface area contributed by atoms with Crippen LogP contribution in [-0.2, 0) is 6.54 Å². The van der Waals surface area contributed by atoms with Gasteiger partial charge in [0.25, 0.3) is 0 Å². The van der Waals surface area contributed by atoms with Gasteiger partial charge in [0.1, 0.15) is 0 Å². The second kappa shape index (κ2) is 4.51. The third-order valence-electron chi connectivity index (χ3n) is 2.99.